The van der Waals surface area contributed by atoms with Crippen LogP contribution < -0.4 is 10.6 Å². The number of benzene rings is 1. The molecule has 7 heteroatoms. The topological polar surface area (TPSA) is 93.5 Å². The van der Waals surface area contributed by atoms with Crippen molar-refractivity contribution in [1.82, 2.24) is 5.32 Å². The summed E-state index contributed by atoms with van der Waals surface area (Å²) in [5.41, 5.74) is 0.442. The molecule has 0 aliphatic carbocycles. The monoisotopic (exact) mass is 267 g/mol. The van der Waals surface area contributed by atoms with Gasteiger partial charge in [0.2, 0.25) is 0 Å². The number of ether oxygens (including phenoxy) is 1. The van der Waals surface area contributed by atoms with Crippen LogP contribution in [0.4, 0.5) is 11.4 Å². The Morgan fingerprint density at radius 1 is 1.53 bits per heavy atom. The van der Waals surface area contributed by atoms with Gasteiger partial charge in [-0.2, -0.15) is 0 Å². The number of anilines is 1. The lowest BCUT2D eigenvalue weighted by Gasteiger charge is -2.11. The summed E-state index contributed by atoms with van der Waals surface area (Å²) in [5.74, 6) is -0.493. The lowest BCUT2D eigenvalue weighted by molar-refractivity contribution is -0.385. The highest BCUT2D eigenvalue weighted by molar-refractivity contribution is 5.99. The molecule has 1 aromatic rings. The van der Waals surface area contributed by atoms with E-state index in [0.29, 0.717) is 5.69 Å². The SMILES string of the molecule is CNc1ccc([N+](=O)[O-])c(C(=O)NCC(C)OC)c1. The Bertz CT molecular complexity index is 476. The zero-order chi connectivity index (χ0) is 14.4. The van der Waals surface area contributed by atoms with E-state index in [-0.39, 0.29) is 23.9 Å². The predicted octanol–water partition coefficient (Wildman–Crippen LogP) is 1.40. The van der Waals surface area contributed by atoms with Crippen molar-refractivity contribution < 1.29 is 14.5 Å². The van der Waals surface area contributed by atoms with Crippen LogP contribution in [0.5, 0.6) is 0 Å². The van der Waals surface area contributed by atoms with Gasteiger partial charge in [0, 0.05) is 32.5 Å². The summed E-state index contributed by atoms with van der Waals surface area (Å²) in [6, 6.07) is 4.30. The van der Waals surface area contributed by atoms with Crippen molar-refractivity contribution >= 4 is 17.3 Å². The summed E-state index contributed by atoms with van der Waals surface area (Å²) in [6.07, 6.45) is -0.157. The molecule has 0 fully saturated rings. The molecule has 0 aliphatic heterocycles. The van der Waals surface area contributed by atoms with Gasteiger partial charge in [0.1, 0.15) is 5.56 Å². The maximum Gasteiger partial charge on any atom is 0.282 e. The van der Waals surface area contributed by atoms with Gasteiger partial charge < -0.3 is 15.4 Å². The van der Waals surface area contributed by atoms with Gasteiger partial charge in [0.05, 0.1) is 11.0 Å². The van der Waals surface area contributed by atoms with Crippen LogP contribution in [0.2, 0.25) is 0 Å². The van der Waals surface area contributed by atoms with Crippen LogP contribution in [0.25, 0.3) is 0 Å². The molecule has 0 aliphatic rings. The van der Waals surface area contributed by atoms with Crippen molar-refractivity contribution in [3.05, 3.63) is 33.9 Å². The lowest BCUT2D eigenvalue weighted by atomic mass is 10.1. The second-order valence-corrected chi connectivity index (χ2v) is 4.00. The molecule has 0 aromatic heterocycles. The third-order valence-electron chi connectivity index (χ3n) is 2.68. The number of nitro benzene ring substituents is 1. The average molecular weight is 267 g/mol. The molecule has 1 rings (SSSR count). The summed E-state index contributed by atoms with van der Waals surface area (Å²) in [4.78, 5) is 22.3. The standard InChI is InChI=1S/C12H17N3O4/c1-8(19-3)7-14-12(16)10-6-9(13-2)4-5-11(10)15(17)18/h4-6,8,13H,7H2,1-3H3,(H,14,16). The molecule has 0 heterocycles. The fraction of sp³-hybridized carbons (Fsp3) is 0.417. The van der Waals surface area contributed by atoms with Crippen LogP contribution in [0.3, 0.4) is 0 Å². The summed E-state index contributed by atoms with van der Waals surface area (Å²) in [6.45, 7) is 2.08. The number of methoxy groups -OCH3 is 1. The third kappa shape index (κ3) is 3.92. The first-order valence-corrected chi connectivity index (χ1v) is 5.76. The van der Waals surface area contributed by atoms with Gasteiger partial charge in [0.15, 0.2) is 0 Å². The Morgan fingerprint density at radius 3 is 2.74 bits per heavy atom. The van der Waals surface area contributed by atoms with Crippen molar-refractivity contribution in [2.24, 2.45) is 0 Å². The lowest BCUT2D eigenvalue weighted by Crippen LogP contribution is -2.32. The number of rotatable bonds is 6. The quantitative estimate of drug-likeness (QED) is 0.600. The van der Waals surface area contributed by atoms with Gasteiger partial charge in [-0.05, 0) is 19.1 Å². The maximum absolute atomic E-state index is 12.0. The van der Waals surface area contributed by atoms with Gasteiger partial charge in [-0.15, -0.1) is 0 Å². The molecular weight excluding hydrogens is 250 g/mol. The number of carbonyl (C=O) groups excluding carboxylic acids is 1. The van der Waals surface area contributed by atoms with Crippen molar-refractivity contribution in [1.29, 1.82) is 0 Å². The zero-order valence-electron chi connectivity index (χ0n) is 11.1. The Hall–Kier alpha value is -2.15. The van der Waals surface area contributed by atoms with E-state index in [1.54, 1.807) is 20.0 Å². The second-order valence-electron chi connectivity index (χ2n) is 4.00. The highest BCUT2D eigenvalue weighted by Crippen LogP contribution is 2.22. The van der Waals surface area contributed by atoms with Gasteiger partial charge >= 0.3 is 0 Å². The van der Waals surface area contributed by atoms with Crippen LogP contribution in [0, 0.1) is 10.1 Å². The number of carbonyl (C=O) groups is 1. The molecule has 1 atom stereocenters. The summed E-state index contributed by atoms with van der Waals surface area (Å²) < 4.78 is 5.00. The largest absolute Gasteiger partial charge is 0.388 e. The number of hydrogen-bond acceptors (Lipinski definition) is 5. The normalized spacial score (nSPS) is 11.7. The minimum atomic E-state index is -0.575. The van der Waals surface area contributed by atoms with Gasteiger partial charge in [0.25, 0.3) is 11.6 Å². The fourth-order valence-electron chi connectivity index (χ4n) is 1.45. The number of amides is 1. The summed E-state index contributed by atoms with van der Waals surface area (Å²) in [7, 11) is 3.21. The Labute approximate surface area is 111 Å². The minimum Gasteiger partial charge on any atom is -0.388 e. The van der Waals surface area contributed by atoms with Crippen LogP contribution in [0.1, 0.15) is 17.3 Å². The smallest absolute Gasteiger partial charge is 0.282 e. The molecule has 0 bridgehead atoms. The van der Waals surface area contributed by atoms with Gasteiger partial charge in [-0.25, -0.2) is 0 Å². The first-order valence-electron chi connectivity index (χ1n) is 5.76. The predicted molar refractivity (Wildman–Crippen MR) is 71.4 cm³/mol. The van der Waals surface area contributed by atoms with Crippen LogP contribution in [-0.2, 0) is 4.74 Å². The highest BCUT2D eigenvalue weighted by Gasteiger charge is 2.20. The molecule has 0 radical (unpaired) electrons. The molecule has 1 aromatic carbocycles. The van der Waals surface area contributed by atoms with Crippen molar-refractivity contribution in [3.8, 4) is 0 Å². The van der Waals surface area contributed by atoms with Crippen molar-refractivity contribution in [2.75, 3.05) is 26.0 Å². The molecular formula is C12H17N3O4. The average Bonchev–Trinajstić information content (AvgIpc) is 2.43. The number of hydrogen-bond donors (Lipinski definition) is 2. The van der Waals surface area contributed by atoms with Gasteiger partial charge in [-0.1, -0.05) is 0 Å². The summed E-state index contributed by atoms with van der Waals surface area (Å²) in [5, 5.41) is 16.3. The minimum absolute atomic E-state index is 0.0279. The summed E-state index contributed by atoms with van der Waals surface area (Å²) >= 11 is 0. The Kier molecular flexibility index (Phi) is 5.25. The molecule has 0 saturated carbocycles. The number of nitrogens with one attached hydrogen (secondary N) is 2. The van der Waals surface area contributed by atoms with E-state index in [1.807, 2.05) is 0 Å². The van der Waals surface area contributed by atoms with E-state index in [4.69, 9.17) is 4.74 Å². The van der Waals surface area contributed by atoms with E-state index in [0.717, 1.165) is 0 Å². The zero-order valence-corrected chi connectivity index (χ0v) is 11.1. The van der Waals surface area contributed by atoms with Crippen LogP contribution in [-0.4, -0.2) is 37.6 Å². The van der Waals surface area contributed by atoms with E-state index in [1.165, 1.54) is 19.2 Å². The van der Waals surface area contributed by atoms with Crippen LogP contribution in [0.15, 0.2) is 18.2 Å². The Balaban J connectivity index is 2.95. The molecule has 0 saturated heterocycles. The fourth-order valence-corrected chi connectivity index (χ4v) is 1.45. The molecule has 19 heavy (non-hydrogen) atoms. The van der Waals surface area contributed by atoms with E-state index < -0.39 is 10.8 Å². The van der Waals surface area contributed by atoms with E-state index in [9.17, 15) is 14.9 Å². The molecule has 104 valence electrons. The second kappa shape index (κ2) is 6.69. The first kappa shape index (κ1) is 14.9. The first-order chi connectivity index (χ1) is 8.99. The van der Waals surface area contributed by atoms with Crippen molar-refractivity contribution in [3.63, 3.8) is 0 Å². The Morgan fingerprint density at radius 2 is 2.21 bits per heavy atom. The number of nitro groups is 1. The number of nitrogens with zero attached hydrogens (tertiary/aromatic N) is 1. The molecule has 1 amide bonds. The highest BCUT2D eigenvalue weighted by atomic mass is 16.6. The molecule has 7 nitrogen and oxygen atoms in total. The molecule has 2 N–H and O–H groups in total. The van der Waals surface area contributed by atoms with E-state index >= 15 is 0 Å². The maximum atomic E-state index is 12.0. The molecule has 1 unspecified atom stereocenters. The van der Waals surface area contributed by atoms with E-state index in [2.05, 4.69) is 10.6 Å². The molecule has 0 spiro atoms. The van der Waals surface area contributed by atoms with Crippen molar-refractivity contribution in [2.45, 2.75) is 13.0 Å². The van der Waals surface area contributed by atoms with Crippen LogP contribution >= 0.6 is 0 Å². The third-order valence-corrected chi connectivity index (χ3v) is 2.68. The van der Waals surface area contributed by atoms with Gasteiger partial charge in [-0.3, -0.25) is 14.9 Å².